The number of carbonyl (C=O) groups excluding carboxylic acids is 1. The number of carbonyl (C=O) groups is 1. The smallest absolute Gasteiger partial charge is 0.305 e. The number of esters is 1. The van der Waals surface area contributed by atoms with Crippen LogP contribution in [0.3, 0.4) is 0 Å². The largest absolute Gasteiger partial charge is 0.466 e. The molecule has 0 saturated heterocycles. The molecule has 0 aromatic rings. The van der Waals surface area contributed by atoms with E-state index in [9.17, 15) is 4.79 Å². The van der Waals surface area contributed by atoms with Crippen LogP contribution in [0.1, 0.15) is 97.8 Å². The maximum atomic E-state index is 11.6. The van der Waals surface area contributed by atoms with Crippen LogP contribution in [0.25, 0.3) is 0 Å². The Hall–Kier alpha value is -0.0500. The first-order valence-electron chi connectivity index (χ1n) is 9.23. The third-order valence-corrected chi connectivity index (χ3v) is 4.66. The minimum absolute atomic E-state index is 0.00993. The summed E-state index contributed by atoms with van der Waals surface area (Å²) in [5, 5.41) is 1.06. The number of ether oxygens (including phenoxy) is 1. The highest BCUT2D eigenvalue weighted by Gasteiger charge is 2.16. The second-order valence-electron chi connectivity index (χ2n) is 7.15. The Kier molecular flexibility index (Phi) is 14.5. The first-order valence-corrected chi connectivity index (χ1v) is 10.4. The fourth-order valence-corrected chi connectivity index (χ4v) is 3.64. The van der Waals surface area contributed by atoms with Crippen molar-refractivity contribution in [1.29, 1.82) is 0 Å². The van der Waals surface area contributed by atoms with Crippen LogP contribution in [0, 0.1) is 5.41 Å². The molecule has 0 atom stereocenters. The summed E-state index contributed by atoms with van der Waals surface area (Å²) in [6.07, 6.45) is 13.8. The highest BCUT2D eigenvalue weighted by molar-refractivity contribution is 9.09. The first-order chi connectivity index (χ1) is 10.5. The summed E-state index contributed by atoms with van der Waals surface area (Å²) >= 11 is 3.50. The lowest BCUT2D eigenvalue weighted by molar-refractivity contribution is -0.143. The predicted molar refractivity (Wildman–Crippen MR) is 99.6 cm³/mol. The van der Waals surface area contributed by atoms with Crippen LogP contribution in [-0.4, -0.2) is 17.9 Å². The first kappa shape index (κ1) is 21.9. The highest BCUT2D eigenvalue weighted by Crippen LogP contribution is 2.28. The normalized spacial score (nSPS) is 11.6. The number of rotatable bonds is 15. The van der Waals surface area contributed by atoms with Crippen molar-refractivity contribution >= 4 is 21.9 Å². The Morgan fingerprint density at radius 2 is 1.55 bits per heavy atom. The minimum atomic E-state index is -0.00993. The fraction of sp³-hybridized carbons (Fsp3) is 0.947. The lowest BCUT2D eigenvalue weighted by Crippen LogP contribution is -2.12. The molecule has 0 rings (SSSR count). The van der Waals surface area contributed by atoms with Gasteiger partial charge in [0.15, 0.2) is 0 Å². The maximum absolute atomic E-state index is 11.6. The molecule has 0 bridgehead atoms. The Morgan fingerprint density at radius 3 is 2.18 bits per heavy atom. The molecule has 0 heterocycles. The van der Waals surface area contributed by atoms with Crippen molar-refractivity contribution in [2.24, 2.45) is 5.41 Å². The third kappa shape index (κ3) is 14.9. The third-order valence-electron chi connectivity index (χ3n) is 4.27. The molecular formula is C19H37BrO2. The quantitative estimate of drug-likeness (QED) is 0.181. The molecule has 0 aromatic carbocycles. The van der Waals surface area contributed by atoms with Crippen molar-refractivity contribution in [2.45, 2.75) is 97.8 Å². The molecule has 0 spiro atoms. The number of halogens is 1. The zero-order valence-corrected chi connectivity index (χ0v) is 16.7. The molecule has 0 aliphatic carbocycles. The van der Waals surface area contributed by atoms with Gasteiger partial charge >= 0.3 is 5.97 Å². The molecule has 0 aliphatic rings. The van der Waals surface area contributed by atoms with Crippen molar-refractivity contribution in [3.63, 3.8) is 0 Å². The zero-order chi connectivity index (χ0) is 16.7. The summed E-state index contributed by atoms with van der Waals surface area (Å²) < 4.78 is 5.30. The standard InChI is InChI=1S/C19H37BrO2/c1-4-5-6-7-8-9-12-17-22-18(21)13-10-11-14-19(2,3)15-16-20/h4-17H2,1-3H3. The average molecular weight is 377 g/mol. The average Bonchev–Trinajstić information content (AvgIpc) is 2.46. The molecule has 0 aromatic heterocycles. The van der Waals surface area contributed by atoms with Crippen LogP contribution in [0.2, 0.25) is 0 Å². The lowest BCUT2D eigenvalue weighted by atomic mass is 9.84. The van der Waals surface area contributed by atoms with Gasteiger partial charge in [-0.1, -0.05) is 81.6 Å². The number of hydrogen-bond acceptors (Lipinski definition) is 2. The van der Waals surface area contributed by atoms with Crippen molar-refractivity contribution in [3.8, 4) is 0 Å². The number of hydrogen-bond donors (Lipinski definition) is 0. The van der Waals surface area contributed by atoms with Gasteiger partial charge in [0, 0.05) is 11.8 Å². The molecule has 0 aliphatic heterocycles. The fourth-order valence-electron chi connectivity index (χ4n) is 2.57. The Morgan fingerprint density at radius 1 is 0.909 bits per heavy atom. The van der Waals surface area contributed by atoms with Gasteiger partial charge in [-0.3, -0.25) is 4.79 Å². The molecule has 132 valence electrons. The van der Waals surface area contributed by atoms with E-state index in [2.05, 4.69) is 36.7 Å². The molecule has 2 nitrogen and oxygen atoms in total. The SMILES string of the molecule is CCCCCCCCCOC(=O)CCCCC(C)(C)CCBr. The second kappa shape index (κ2) is 14.5. The van der Waals surface area contributed by atoms with Crippen LogP contribution < -0.4 is 0 Å². The van der Waals surface area contributed by atoms with Crippen molar-refractivity contribution in [2.75, 3.05) is 11.9 Å². The predicted octanol–water partition coefficient (Wildman–Crippen LogP) is 6.65. The van der Waals surface area contributed by atoms with E-state index in [4.69, 9.17) is 4.74 Å². The second-order valence-corrected chi connectivity index (χ2v) is 7.95. The number of alkyl halides is 1. The van der Waals surface area contributed by atoms with Gasteiger partial charge in [-0.15, -0.1) is 0 Å². The van der Waals surface area contributed by atoms with Gasteiger partial charge in [-0.05, 0) is 31.1 Å². The summed E-state index contributed by atoms with van der Waals surface area (Å²) in [5.74, 6) is -0.00993. The van der Waals surface area contributed by atoms with Gasteiger partial charge in [0.1, 0.15) is 0 Å². The Bertz CT molecular complexity index is 264. The molecule has 0 unspecified atom stereocenters. The number of unbranched alkanes of at least 4 members (excludes halogenated alkanes) is 7. The van der Waals surface area contributed by atoms with E-state index < -0.39 is 0 Å². The van der Waals surface area contributed by atoms with Gasteiger partial charge < -0.3 is 4.74 Å². The molecular weight excluding hydrogens is 340 g/mol. The highest BCUT2D eigenvalue weighted by atomic mass is 79.9. The van der Waals surface area contributed by atoms with Gasteiger partial charge in [0.25, 0.3) is 0 Å². The van der Waals surface area contributed by atoms with Crippen LogP contribution in [0.5, 0.6) is 0 Å². The molecule has 0 saturated carbocycles. The van der Waals surface area contributed by atoms with Gasteiger partial charge in [-0.25, -0.2) is 0 Å². The summed E-state index contributed by atoms with van der Waals surface area (Å²) in [5.41, 5.74) is 0.380. The van der Waals surface area contributed by atoms with E-state index in [1.54, 1.807) is 0 Å². The summed E-state index contributed by atoms with van der Waals surface area (Å²) in [6, 6.07) is 0. The van der Waals surface area contributed by atoms with E-state index in [-0.39, 0.29) is 5.97 Å². The van der Waals surface area contributed by atoms with E-state index >= 15 is 0 Å². The molecule has 0 fully saturated rings. The van der Waals surface area contributed by atoms with Crippen molar-refractivity contribution in [3.05, 3.63) is 0 Å². The van der Waals surface area contributed by atoms with Gasteiger partial charge in [0.05, 0.1) is 6.61 Å². The van der Waals surface area contributed by atoms with Gasteiger partial charge in [0.2, 0.25) is 0 Å². The topological polar surface area (TPSA) is 26.3 Å². The lowest BCUT2D eigenvalue weighted by Gasteiger charge is -2.23. The van der Waals surface area contributed by atoms with Crippen molar-refractivity contribution in [1.82, 2.24) is 0 Å². The molecule has 0 radical (unpaired) electrons. The summed E-state index contributed by atoms with van der Waals surface area (Å²) in [7, 11) is 0. The van der Waals surface area contributed by atoms with E-state index in [1.807, 2.05) is 0 Å². The molecule has 0 amide bonds. The van der Waals surface area contributed by atoms with E-state index in [0.29, 0.717) is 18.4 Å². The van der Waals surface area contributed by atoms with Gasteiger partial charge in [-0.2, -0.15) is 0 Å². The van der Waals surface area contributed by atoms with Crippen LogP contribution in [0.4, 0.5) is 0 Å². The zero-order valence-electron chi connectivity index (χ0n) is 15.1. The Balaban J connectivity index is 3.36. The van der Waals surface area contributed by atoms with E-state index in [0.717, 1.165) is 24.6 Å². The van der Waals surface area contributed by atoms with E-state index in [1.165, 1.54) is 51.4 Å². The van der Waals surface area contributed by atoms with Crippen molar-refractivity contribution < 1.29 is 9.53 Å². The Labute approximate surface area is 146 Å². The van der Waals surface area contributed by atoms with Crippen LogP contribution in [-0.2, 0) is 9.53 Å². The molecule has 0 N–H and O–H groups in total. The van der Waals surface area contributed by atoms with Crippen LogP contribution >= 0.6 is 15.9 Å². The maximum Gasteiger partial charge on any atom is 0.305 e. The summed E-state index contributed by atoms with van der Waals surface area (Å²) in [6.45, 7) is 7.45. The molecule has 3 heteroatoms. The summed E-state index contributed by atoms with van der Waals surface area (Å²) in [4.78, 5) is 11.6. The molecule has 22 heavy (non-hydrogen) atoms. The minimum Gasteiger partial charge on any atom is -0.466 e. The van der Waals surface area contributed by atoms with Crippen LogP contribution in [0.15, 0.2) is 0 Å². The monoisotopic (exact) mass is 376 g/mol.